The zero-order chi connectivity index (χ0) is 17.8. The minimum absolute atomic E-state index is 0.00728. The number of aryl methyl sites for hydroxylation is 1. The summed E-state index contributed by atoms with van der Waals surface area (Å²) in [7, 11) is 3.13. The first kappa shape index (κ1) is 16.9. The number of carbonyl (C=O) groups excluding carboxylic acids is 2. The van der Waals surface area contributed by atoms with Crippen LogP contribution in [0.4, 0.5) is 0 Å². The Morgan fingerprint density at radius 1 is 1.48 bits per heavy atom. The number of hydrogen-bond donors (Lipinski definition) is 1. The average Bonchev–Trinajstić information content (AvgIpc) is 3.20. The van der Waals surface area contributed by atoms with Crippen LogP contribution >= 0.6 is 0 Å². The van der Waals surface area contributed by atoms with Crippen LogP contribution in [0.5, 0.6) is 6.01 Å². The van der Waals surface area contributed by atoms with Gasteiger partial charge in [0.25, 0.3) is 5.91 Å². The molecule has 1 fully saturated rings. The van der Waals surface area contributed by atoms with Crippen molar-refractivity contribution in [1.82, 2.24) is 30.0 Å². The van der Waals surface area contributed by atoms with Gasteiger partial charge in [0, 0.05) is 32.3 Å². The van der Waals surface area contributed by atoms with Crippen LogP contribution in [0.2, 0.25) is 0 Å². The van der Waals surface area contributed by atoms with Gasteiger partial charge in [-0.15, -0.1) is 5.10 Å². The number of ether oxygens (including phenoxy) is 1. The summed E-state index contributed by atoms with van der Waals surface area (Å²) in [5, 5.41) is 7.00. The van der Waals surface area contributed by atoms with Gasteiger partial charge in [-0.25, -0.2) is 4.68 Å². The molecule has 0 spiro atoms. The molecule has 0 saturated carbocycles. The van der Waals surface area contributed by atoms with Crippen molar-refractivity contribution in [1.29, 1.82) is 0 Å². The molecule has 2 aromatic heterocycles. The lowest BCUT2D eigenvalue weighted by molar-refractivity contribution is -0.119. The highest BCUT2D eigenvalue weighted by Gasteiger charge is 2.28. The Hall–Kier alpha value is -2.97. The second kappa shape index (κ2) is 7.29. The summed E-state index contributed by atoms with van der Waals surface area (Å²) in [5.41, 5.74) is 0.753. The molecule has 1 aliphatic heterocycles. The summed E-state index contributed by atoms with van der Waals surface area (Å²) in [6.45, 7) is 0.689. The van der Waals surface area contributed by atoms with Crippen molar-refractivity contribution in [3.8, 4) is 6.01 Å². The van der Waals surface area contributed by atoms with E-state index >= 15 is 0 Å². The fourth-order valence-corrected chi connectivity index (χ4v) is 2.77. The Kier molecular flexibility index (Phi) is 4.92. The summed E-state index contributed by atoms with van der Waals surface area (Å²) in [5.74, 6) is -0.266. The average molecular weight is 344 g/mol. The fourth-order valence-electron chi connectivity index (χ4n) is 2.77. The first-order valence-corrected chi connectivity index (χ1v) is 8.00. The standard InChI is InChI=1S/C16H20N6O3/c1-21-16(25-2)19-14(20-21)15(24)22(9-11-5-3-4-8-17-11)10-12-6-7-13(23)18-12/h3-5,8,12H,6-7,9-10H2,1-2H3,(H,18,23)/t12-/m0/s1. The number of aromatic nitrogens is 4. The molecule has 2 amide bonds. The fraction of sp³-hybridized carbons (Fsp3) is 0.438. The quantitative estimate of drug-likeness (QED) is 0.800. The third-order valence-electron chi connectivity index (χ3n) is 3.99. The molecule has 0 bridgehead atoms. The number of pyridine rings is 1. The summed E-state index contributed by atoms with van der Waals surface area (Å²) >= 11 is 0. The monoisotopic (exact) mass is 344 g/mol. The van der Waals surface area contributed by atoms with E-state index in [1.54, 1.807) is 18.1 Å². The summed E-state index contributed by atoms with van der Waals surface area (Å²) in [6.07, 6.45) is 2.85. The normalized spacial score (nSPS) is 16.6. The van der Waals surface area contributed by atoms with Gasteiger partial charge in [0.15, 0.2) is 0 Å². The second-order valence-electron chi connectivity index (χ2n) is 5.86. The summed E-state index contributed by atoms with van der Waals surface area (Å²) in [4.78, 5) is 34.3. The number of carbonyl (C=O) groups is 2. The number of methoxy groups -OCH3 is 1. The molecule has 9 heteroatoms. The van der Waals surface area contributed by atoms with Crippen LogP contribution < -0.4 is 10.1 Å². The molecule has 3 heterocycles. The third-order valence-corrected chi connectivity index (χ3v) is 3.99. The molecule has 0 unspecified atom stereocenters. The van der Waals surface area contributed by atoms with Crippen LogP contribution in [-0.4, -0.2) is 56.2 Å². The van der Waals surface area contributed by atoms with Crippen LogP contribution in [0.3, 0.4) is 0 Å². The molecular weight excluding hydrogens is 324 g/mol. The second-order valence-corrected chi connectivity index (χ2v) is 5.86. The molecule has 0 aliphatic carbocycles. The van der Waals surface area contributed by atoms with E-state index in [0.29, 0.717) is 25.9 Å². The molecule has 1 N–H and O–H groups in total. The zero-order valence-electron chi connectivity index (χ0n) is 14.2. The number of amides is 2. The maximum Gasteiger partial charge on any atom is 0.314 e. The van der Waals surface area contributed by atoms with E-state index in [9.17, 15) is 9.59 Å². The molecule has 132 valence electrons. The Morgan fingerprint density at radius 2 is 2.32 bits per heavy atom. The van der Waals surface area contributed by atoms with E-state index in [0.717, 1.165) is 5.69 Å². The van der Waals surface area contributed by atoms with Crippen molar-refractivity contribution in [2.45, 2.75) is 25.4 Å². The van der Waals surface area contributed by atoms with Gasteiger partial charge in [-0.2, -0.15) is 4.98 Å². The van der Waals surface area contributed by atoms with Crippen molar-refractivity contribution in [3.63, 3.8) is 0 Å². The van der Waals surface area contributed by atoms with Crippen LogP contribution in [0.15, 0.2) is 24.4 Å². The summed E-state index contributed by atoms with van der Waals surface area (Å²) in [6, 6.07) is 5.71. The van der Waals surface area contributed by atoms with E-state index in [1.807, 2.05) is 18.2 Å². The van der Waals surface area contributed by atoms with Crippen LogP contribution in [0.1, 0.15) is 29.2 Å². The van der Waals surface area contributed by atoms with Crippen molar-refractivity contribution >= 4 is 11.8 Å². The molecule has 1 aliphatic rings. The number of nitrogens with zero attached hydrogens (tertiary/aromatic N) is 5. The molecule has 9 nitrogen and oxygen atoms in total. The van der Waals surface area contributed by atoms with E-state index in [4.69, 9.17) is 4.74 Å². The number of rotatable bonds is 6. The first-order chi connectivity index (χ1) is 12.1. The van der Waals surface area contributed by atoms with E-state index < -0.39 is 0 Å². The maximum atomic E-state index is 12.9. The van der Waals surface area contributed by atoms with Crippen LogP contribution in [-0.2, 0) is 18.4 Å². The molecule has 25 heavy (non-hydrogen) atoms. The largest absolute Gasteiger partial charge is 0.467 e. The van der Waals surface area contributed by atoms with Crippen LogP contribution in [0, 0.1) is 0 Å². The Bertz CT molecular complexity index is 760. The molecule has 3 rings (SSSR count). The van der Waals surface area contributed by atoms with Crippen molar-refractivity contribution in [3.05, 3.63) is 35.9 Å². The van der Waals surface area contributed by atoms with E-state index in [-0.39, 0.29) is 29.7 Å². The first-order valence-electron chi connectivity index (χ1n) is 8.00. The number of nitrogens with one attached hydrogen (secondary N) is 1. The molecule has 0 aromatic carbocycles. The smallest absolute Gasteiger partial charge is 0.314 e. The minimum Gasteiger partial charge on any atom is -0.467 e. The molecule has 0 radical (unpaired) electrons. The van der Waals surface area contributed by atoms with E-state index in [2.05, 4.69) is 20.4 Å². The van der Waals surface area contributed by atoms with E-state index in [1.165, 1.54) is 11.8 Å². The molecule has 2 aromatic rings. The lowest BCUT2D eigenvalue weighted by Crippen LogP contribution is -2.42. The predicted octanol–water partition coefficient (Wildman–Crippen LogP) is 0.140. The maximum absolute atomic E-state index is 12.9. The van der Waals surface area contributed by atoms with Gasteiger partial charge in [0.1, 0.15) is 0 Å². The SMILES string of the molecule is COc1nc(C(=O)N(Cc2ccccn2)C[C@@H]2CCC(=O)N2)nn1C. The van der Waals surface area contributed by atoms with Gasteiger partial charge in [-0.1, -0.05) is 6.07 Å². The summed E-state index contributed by atoms with van der Waals surface area (Å²) < 4.78 is 6.48. The van der Waals surface area contributed by atoms with Gasteiger partial charge >= 0.3 is 6.01 Å². The predicted molar refractivity (Wildman–Crippen MR) is 87.7 cm³/mol. The van der Waals surface area contributed by atoms with Crippen LogP contribution in [0.25, 0.3) is 0 Å². The molecular formula is C16H20N6O3. The van der Waals surface area contributed by atoms with Crippen molar-refractivity contribution < 1.29 is 14.3 Å². The number of hydrogen-bond acceptors (Lipinski definition) is 6. The highest BCUT2D eigenvalue weighted by molar-refractivity contribution is 5.90. The molecule has 1 atom stereocenters. The minimum atomic E-state index is -0.328. The highest BCUT2D eigenvalue weighted by Crippen LogP contribution is 2.14. The van der Waals surface area contributed by atoms with Gasteiger partial charge < -0.3 is 15.0 Å². The lowest BCUT2D eigenvalue weighted by Gasteiger charge is -2.24. The highest BCUT2D eigenvalue weighted by atomic mass is 16.5. The zero-order valence-corrected chi connectivity index (χ0v) is 14.2. The Balaban J connectivity index is 1.80. The topological polar surface area (TPSA) is 102 Å². The Labute approximate surface area is 145 Å². The third kappa shape index (κ3) is 3.93. The van der Waals surface area contributed by atoms with Crippen molar-refractivity contribution in [2.24, 2.45) is 7.05 Å². The lowest BCUT2D eigenvalue weighted by atomic mass is 10.2. The van der Waals surface area contributed by atoms with Gasteiger partial charge in [-0.3, -0.25) is 14.6 Å². The molecule has 1 saturated heterocycles. The van der Waals surface area contributed by atoms with Gasteiger partial charge in [0.05, 0.1) is 19.3 Å². The van der Waals surface area contributed by atoms with Gasteiger partial charge in [0.2, 0.25) is 11.7 Å². The van der Waals surface area contributed by atoms with Gasteiger partial charge in [-0.05, 0) is 18.6 Å². The Morgan fingerprint density at radius 3 is 2.92 bits per heavy atom. The van der Waals surface area contributed by atoms with Crippen molar-refractivity contribution in [2.75, 3.05) is 13.7 Å².